The van der Waals surface area contributed by atoms with Gasteiger partial charge in [-0.15, -0.1) is 0 Å². The minimum Gasteiger partial charge on any atom is -0.497 e. The first-order valence-corrected chi connectivity index (χ1v) is 7.67. The molecule has 0 bridgehead atoms. The van der Waals surface area contributed by atoms with Crippen LogP contribution in [0, 0.1) is 0 Å². The molecule has 5 heteroatoms. The SMILES string of the molecule is COc1ccc(C(O)CNC(=O)CCCc2ccccn2)cc1. The largest absolute Gasteiger partial charge is 0.497 e. The number of hydrogen-bond donors (Lipinski definition) is 2. The van der Waals surface area contributed by atoms with E-state index in [9.17, 15) is 9.90 Å². The normalized spacial score (nSPS) is 11.7. The van der Waals surface area contributed by atoms with Gasteiger partial charge in [0.05, 0.1) is 13.2 Å². The molecule has 1 aromatic heterocycles. The lowest BCUT2D eigenvalue weighted by Gasteiger charge is -2.12. The number of carbonyl (C=O) groups excluding carboxylic acids is 1. The fourth-order valence-electron chi connectivity index (χ4n) is 2.22. The van der Waals surface area contributed by atoms with Crippen LogP contribution in [0.15, 0.2) is 48.7 Å². The highest BCUT2D eigenvalue weighted by Crippen LogP contribution is 2.17. The Balaban J connectivity index is 1.68. The fraction of sp³-hybridized carbons (Fsp3) is 0.333. The number of rotatable bonds is 8. The number of aromatic nitrogens is 1. The summed E-state index contributed by atoms with van der Waals surface area (Å²) in [7, 11) is 1.59. The number of carbonyl (C=O) groups is 1. The van der Waals surface area contributed by atoms with E-state index in [2.05, 4.69) is 10.3 Å². The molecule has 1 atom stereocenters. The third-order valence-corrected chi connectivity index (χ3v) is 3.56. The molecule has 122 valence electrons. The van der Waals surface area contributed by atoms with E-state index >= 15 is 0 Å². The van der Waals surface area contributed by atoms with E-state index in [1.165, 1.54) is 0 Å². The number of nitrogens with zero attached hydrogens (tertiary/aromatic N) is 1. The van der Waals surface area contributed by atoms with Crippen molar-refractivity contribution in [3.05, 3.63) is 59.9 Å². The van der Waals surface area contributed by atoms with E-state index in [4.69, 9.17) is 4.74 Å². The lowest BCUT2D eigenvalue weighted by molar-refractivity contribution is -0.121. The Morgan fingerprint density at radius 3 is 2.70 bits per heavy atom. The lowest BCUT2D eigenvalue weighted by atomic mass is 10.1. The molecular formula is C18H22N2O3. The van der Waals surface area contributed by atoms with Crippen molar-refractivity contribution in [3.63, 3.8) is 0 Å². The molecule has 1 unspecified atom stereocenters. The number of ether oxygens (including phenoxy) is 1. The first-order chi connectivity index (χ1) is 11.2. The smallest absolute Gasteiger partial charge is 0.220 e. The van der Waals surface area contributed by atoms with Crippen LogP contribution in [-0.2, 0) is 11.2 Å². The molecule has 1 amide bonds. The van der Waals surface area contributed by atoms with Gasteiger partial charge in [-0.1, -0.05) is 18.2 Å². The zero-order chi connectivity index (χ0) is 16.5. The number of pyridine rings is 1. The highest BCUT2D eigenvalue weighted by molar-refractivity contribution is 5.75. The molecule has 5 nitrogen and oxygen atoms in total. The van der Waals surface area contributed by atoms with Crippen molar-refractivity contribution in [2.75, 3.05) is 13.7 Å². The summed E-state index contributed by atoms with van der Waals surface area (Å²) < 4.78 is 5.07. The maximum absolute atomic E-state index is 11.8. The Morgan fingerprint density at radius 2 is 2.04 bits per heavy atom. The van der Waals surface area contributed by atoms with Gasteiger partial charge in [-0.3, -0.25) is 9.78 Å². The number of methoxy groups -OCH3 is 1. The molecule has 0 aliphatic carbocycles. The summed E-state index contributed by atoms with van der Waals surface area (Å²) in [6.45, 7) is 0.203. The molecule has 0 spiro atoms. The Morgan fingerprint density at radius 1 is 1.26 bits per heavy atom. The van der Waals surface area contributed by atoms with E-state index in [1.807, 2.05) is 18.2 Å². The van der Waals surface area contributed by atoms with Crippen LogP contribution in [0.4, 0.5) is 0 Å². The van der Waals surface area contributed by atoms with E-state index in [0.717, 1.165) is 29.8 Å². The van der Waals surface area contributed by atoms with Gasteiger partial charge in [0.1, 0.15) is 5.75 Å². The average Bonchev–Trinajstić information content (AvgIpc) is 2.60. The van der Waals surface area contributed by atoms with Crippen LogP contribution in [0.3, 0.4) is 0 Å². The second-order valence-corrected chi connectivity index (χ2v) is 5.27. The molecule has 0 fully saturated rings. The number of nitrogens with one attached hydrogen (secondary N) is 1. The summed E-state index contributed by atoms with van der Waals surface area (Å²) in [6.07, 6.45) is 2.96. The maximum Gasteiger partial charge on any atom is 0.220 e. The highest BCUT2D eigenvalue weighted by atomic mass is 16.5. The fourth-order valence-corrected chi connectivity index (χ4v) is 2.22. The molecular weight excluding hydrogens is 292 g/mol. The topological polar surface area (TPSA) is 71.5 Å². The van der Waals surface area contributed by atoms with Gasteiger partial charge in [0.25, 0.3) is 0 Å². The molecule has 2 rings (SSSR count). The molecule has 0 aliphatic rings. The van der Waals surface area contributed by atoms with Crippen molar-refractivity contribution in [1.82, 2.24) is 10.3 Å². The number of hydrogen-bond acceptors (Lipinski definition) is 4. The summed E-state index contributed by atoms with van der Waals surface area (Å²) in [5.41, 5.74) is 1.73. The number of aliphatic hydroxyl groups excluding tert-OH is 1. The second kappa shape index (κ2) is 8.90. The third kappa shape index (κ3) is 5.71. The Bertz CT molecular complexity index is 599. The number of amides is 1. The van der Waals surface area contributed by atoms with Crippen molar-refractivity contribution in [2.24, 2.45) is 0 Å². The summed E-state index contributed by atoms with van der Waals surface area (Å²) in [6, 6.07) is 12.9. The van der Waals surface area contributed by atoms with Gasteiger partial charge in [-0.05, 0) is 42.7 Å². The van der Waals surface area contributed by atoms with Gasteiger partial charge < -0.3 is 15.2 Å². The Kier molecular flexibility index (Phi) is 6.56. The molecule has 1 aromatic carbocycles. The van der Waals surface area contributed by atoms with Crippen molar-refractivity contribution < 1.29 is 14.6 Å². The number of aryl methyl sites for hydroxylation is 1. The minimum atomic E-state index is -0.722. The van der Waals surface area contributed by atoms with Crippen molar-refractivity contribution in [1.29, 1.82) is 0 Å². The zero-order valence-electron chi connectivity index (χ0n) is 13.2. The predicted octanol–water partition coefficient (Wildman–Crippen LogP) is 2.26. The summed E-state index contributed by atoms with van der Waals surface area (Å²) in [4.78, 5) is 16.0. The van der Waals surface area contributed by atoms with Gasteiger partial charge in [0.2, 0.25) is 5.91 Å². The van der Waals surface area contributed by atoms with Crippen LogP contribution in [0.5, 0.6) is 5.75 Å². The molecule has 1 heterocycles. The van der Waals surface area contributed by atoms with Gasteiger partial charge in [-0.25, -0.2) is 0 Å². The van der Waals surface area contributed by atoms with E-state index in [1.54, 1.807) is 37.6 Å². The molecule has 0 radical (unpaired) electrons. The van der Waals surface area contributed by atoms with Crippen LogP contribution in [0.1, 0.15) is 30.2 Å². The van der Waals surface area contributed by atoms with Crippen molar-refractivity contribution in [2.45, 2.75) is 25.4 Å². The summed E-state index contributed by atoms with van der Waals surface area (Å²) in [5, 5.41) is 12.8. The quantitative estimate of drug-likeness (QED) is 0.784. The van der Waals surface area contributed by atoms with Gasteiger partial charge in [0.15, 0.2) is 0 Å². The monoisotopic (exact) mass is 314 g/mol. The first kappa shape index (κ1) is 17.0. The third-order valence-electron chi connectivity index (χ3n) is 3.56. The molecule has 0 aliphatic heterocycles. The Hall–Kier alpha value is -2.40. The van der Waals surface area contributed by atoms with Crippen molar-refractivity contribution in [3.8, 4) is 5.75 Å². The van der Waals surface area contributed by atoms with E-state index < -0.39 is 6.10 Å². The zero-order valence-corrected chi connectivity index (χ0v) is 13.2. The standard InChI is InChI=1S/C18H22N2O3/c1-23-16-10-8-14(9-11-16)17(21)13-20-18(22)7-4-6-15-5-2-3-12-19-15/h2-3,5,8-12,17,21H,4,6-7,13H2,1H3,(H,20,22). The van der Waals surface area contributed by atoms with Crippen molar-refractivity contribution >= 4 is 5.91 Å². The average molecular weight is 314 g/mol. The lowest BCUT2D eigenvalue weighted by Crippen LogP contribution is -2.28. The van der Waals surface area contributed by atoms with Gasteiger partial charge >= 0.3 is 0 Å². The molecule has 0 saturated heterocycles. The van der Waals surface area contributed by atoms with E-state index in [-0.39, 0.29) is 12.5 Å². The molecule has 0 saturated carbocycles. The van der Waals surface area contributed by atoms with Crippen LogP contribution >= 0.6 is 0 Å². The summed E-state index contributed by atoms with van der Waals surface area (Å²) >= 11 is 0. The first-order valence-electron chi connectivity index (χ1n) is 7.67. The van der Waals surface area contributed by atoms with Crippen LogP contribution in [0.2, 0.25) is 0 Å². The molecule has 2 N–H and O–H groups in total. The number of aliphatic hydroxyl groups is 1. The van der Waals surface area contributed by atoms with Gasteiger partial charge in [-0.2, -0.15) is 0 Å². The second-order valence-electron chi connectivity index (χ2n) is 5.27. The van der Waals surface area contributed by atoms with E-state index in [0.29, 0.717) is 6.42 Å². The van der Waals surface area contributed by atoms with Crippen LogP contribution < -0.4 is 10.1 Å². The van der Waals surface area contributed by atoms with Gasteiger partial charge in [0, 0.05) is 24.9 Å². The minimum absolute atomic E-state index is 0.0616. The molecule has 2 aromatic rings. The highest BCUT2D eigenvalue weighted by Gasteiger charge is 2.09. The van der Waals surface area contributed by atoms with Crippen LogP contribution in [-0.4, -0.2) is 29.7 Å². The number of benzene rings is 1. The predicted molar refractivity (Wildman–Crippen MR) is 88.1 cm³/mol. The Labute approximate surface area is 136 Å². The van der Waals surface area contributed by atoms with Crippen LogP contribution in [0.25, 0.3) is 0 Å². The molecule has 23 heavy (non-hydrogen) atoms. The maximum atomic E-state index is 11.8. The summed E-state index contributed by atoms with van der Waals surface area (Å²) in [5.74, 6) is 0.674.